The van der Waals surface area contributed by atoms with E-state index < -0.39 is 22.1 Å². The van der Waals surface area contributed by atoms with E-state index in [1.165, 1.54) is 37.4 Å². The fourth-order valence-corrected chi connectivity index (χ4v) is 3.51. The van der Waals surface area contributed by atoms with E-state index in [0.29, 0.717) is 5.56 Å². The van der Waals surface area contributed by atoms with Gasteiger partial charge in [-0.05, 0) is 46.3 Å². The van der Waals surface area contributed by atoms with Crippen molar-refractivity contribution in [3.8, 4) is 11.3 Å². The first-order valence-corrected chi connectivity index (χ1v) is 9.39. The zero-order chi connectivity index (χ0) is 19.9. The van der Waals surface area contributed by atoms with E-state index in [9.17, 15) is 22.8 Å². The first kappa shape index (κ1) is 19.3. The molecule has 0 saturated heterocycles. The molecular weight excluding hydrogens is 449 g/mol. The molecule has 0 amide bonds. The number of hydrogen-bond donors (Lipinski definition) is 2. The molecule has 8 nitrogen and oxygen atoms in total. The molecule has 3 aromatic rings. The molecule has 0 aliphatic rings. The average molecular weight is 460 g/mol. The molecule has 3 rings (SSSR count). The van der Waals surface area contributed by atoms with Gasteiger partial charge in [-0.3, -0.25) is 9.76 Å². The van der Waals surface area contributed by atoms with Crippen LogP contribution in [0.3, 0.4) is 0 Å². The minimum absolute atomic E-state index is 0.0237. The lowest BCUT2D eigenvalue weighted by Gasteiger charge is -2.14. The lowest BCUT2D eigenvalue weighted by atomic mass is 10.1. The fourth-order valence-electron chi connectivity index (χ4n) is 2.49. The molecule has 1 heterocycles. The first-order chi connectivity index (χ1) is 12.6. The van der Waals surface area contributed by atoms with Crippen LogP contribution in [0.1, 0.15) is 10.4 Å². The molecule has 0 atom stereocenters. The molecule has 142 valence electrons. The van der Waals surface area contributed by atoms with Gasteiger partial charge in [0.25, 0.3) is 0 Å². The van der Waals surface area contributed by atoms with Crippen LogP contribution >= 0.6 is 15.9 Å². The normalized spacial score (nSPS) is 11.6. The van der Waals surface area contributed by atoms with Gasteiger partial charge in [0.05, 0.1) is 7.11 Å². The molecule has 27 heavy (non-hydrogen) atoms. The Morgan fingerprint density at radius 3 is 2.44 bits per heavy atom. The van der Waals surface area contributed by atoms with Crippen molar-refractivity contribution >= 4 is 48.9 Å². The lowest BCUT2D eigenvalue weighted by molar-refractivity contribution is 0.0603. The summed E-state index contributed by atoms with van der Waals surface area (Å²) in [5, 5.41) is 9.92. The summed E-state index contributed by atoms with van der Waals surface area (Å²) in [6.45, 7) is 0. The van der Waals surface area contributed by atoms with Gasteiger partial charge in [-0.15, -0.1) is 4.47 Å². The maximum Gasteiger partial charge on any atom is 0.382 e. The number of carbonyl (C=O) groups is 1. The zero-order valence-corrected chi connectivity index (χ0v) is 15.9. The Morgan fingerprint density at radius 1 is 1.26 bits per heavy atom. The summed E-state index contributed by atoms with van der Waals surface area (Å²) in [6.07, 6.45) is 0. The van der Waals surface area contributed by atoms with Gasteiger partial charge in [0.1, 0.15) is 28.4 Å². The van der Waals surface area contributed by atoms with Crippen molar-refractivity contribution in [1.29, 1.82) is 0 Å². The second-order valence-electron chi connectivity index (χ2n) is 5.33. The monoisotopic (exact) mass is 459 g/mol. The van der Waals surface area contributed by atoms with E-state index in [-0.39, 0.29) is 36.9 Å². The SMILES string of the molecule is COC(=O)c1c(-c2ccc(F)cc2)oc2cc(N(O)S(=O)(=O)O)c(Br)cc12. The van der Waals surface area contributed by atoms with Gasteiger partial charge in [0.2, 0.25) is 0 Å². The second-order valence-corrected chi connectivity index (χ2v) is 7.42. The summed E-state index contributed by atoms with van der Waals surface area (Å²) in [5.41, 5.74) is 0.0838. The second kappa shape index (κ2) is 6.93. The molecule has 0 aliphatic heterocycles. The molecule has 0 unspecified atom stereocenters. The van der Waals surface area contributed by atoms with E-state index in [4.69, 9.17) is 13.7 Å². The lowest BCUT2D eigenvalue weighted by Crippen LogP contribution is -2.26. The average Bonchev–Trinajstić information content (AvgIpc) is 2.97. The molecule has 2 N–H and O–H groups in total. The highest BCUT2D eigenvalue weighted by Crippen LogP contribution is 2.39. The van der Waals surface area contributed by atoms with Crippen molar-refractivity contribution in [1.82, 2.24) is 0 Å². The van der Waals surface area contributed by atoms with Gasteiger partial charge in [0, 0.05) is 21.5 Å². The van der Waals surface area contributed by atoms with Gasteiger partial charge < -0.3 is 9.15 Å². The molecule has 11 heteroatoms. The van der Waals surface area contributed by atoms with Crippen molar-refractivity contribution in [2.75, 3.05) is 11.6 Å². The summed E-state index contributed by atoms with van der Waals surface area (Å²) in [5.74, 6) is -1.15. The van der Waals surface area contributed by atoms with Crippen molar-refractivity contribution in [3.63, 3.8) is 0 Å². The number of halogens is 2. The van der Waals surface area contributed by atoms with E-state index in [1.807, 2.05) is 0 Å². The largest absolute Gasteiger partial charge is 0.465 e. The maximum atomic E-state index is 13.2. The highest BCUT2D eigenvalue weighted by Gasteiger charge is 2.27. The standard InChI is InChI=1S/C16H11BrFNO7S/c1-25-16(20)14-10-6-11(17)12(19(21)27(22,23)24)7-13(10)26-15(14)8-2-4-9(18)5-3-8/h2-7,21H,1H3,(H,22,23,24). The number of esters is 1. The minimum Gasteiger partial charge on any atom is -0.465 e. The van der Waals surface area contributed by atoms with Gasteiger partial charge >= 0.3 is 16.3 Å². The zero-order valence-electron chi connectivity index (χ0n) is 13.5. The van der Waals surface area contributed by atoms with Crippen LogP contribution in [0, 0.1) is 5.82 Å². The van der Waals surface area contributed by atoms with Gasteiger partial charge in [-0.2, -0.15) is 8.42 Å². The van der Waals surface area contributed by atoms with Crippen molar-refractivity contribution in [2.45, 2.75) is 0 Å². The van der Waals surface area contributed by atoms with Crippen LogP contribution in [-0.2, 0) is 15.0 Å². The fraction of sp³-hybridized carbons (Fsp3) is 0.0625. The van der Waals surface area contributed by atoms with Crippen LogP contribution in [-0.4, -0.2) is 31.3 Å². The molecule has 0 spiro atoms. The Morgan fingerprint density at radius 2 is 1.89 bits per heavy atom. The Labute approximate surface area is 160 Å². The van der Waals surface area contributed by atoms with Crippen LogP contribution in [0.4, 0.5) is 10.1 Å². The Bertz CT molecular complexity index is 1140. The minimum atomic E-state index is -4.94. The van der Waals surface area contributed by atoms with Gasteiger partial charge in [-0.25, -0.2) is 9.18 Å². The molecule has 0 bridgehead atoms. The highest BCUT2D eigenvalue weighted by atomic mass is 79.9. The van der Waals surface area contributed by atoms with Gasteiger partial charge in [0.15, 0.2) is 0 Å². The third-order valence-electron chi connectivity index (χ3n) is 3.68. The van der Waals surface area contributed by atoms with Crippen LogP contribution in [0.5, 0.6) is 0 Å². The Balaban J connectivity index is 2.30. The summed E-state index contributed by atoms with van der Waals surface area (Å²) >= 11 is 3.07. The van der Waals surface area contributed by atoms with Crippen molar-refractivity contribution in [2.24, 2.45) is 0 Å². The molecule has 2 aromatic carbocycles. The summed E-state index contributed by atoms with van der Waals surface area (Å²) in [6, 6.07) is 7.57. The molecular formula is C16H11BrFNO7S. The Kier molecular flexibility index (Phi) is 4.95. The number of ether oxygens (including phenoxy) is 1. The van der Waals surface area contributed by atoms with Crippen LogP contribution in [0.2, 0.25) is 0 Å². The number of rotatable bonds is 4. The Hall–Kier alpha value is -2.47. The van der Waals surface area contributed by atoms with E-state index in [2.05, 4.69) is 15.9 Å². The number of fused-ring (bicyclic) bond motifs is 1. The van der Waals surface area contributed by atoms with Crippen LogP contribution < -0.4 is 4.47 Å². The van der Waals surface area contributed by atoms with Crippen molar-refractivity contribution < 1.29 is 36.5 Å². The molecule has 0 fully saturated rings. The predicted octanol–water partition coefficient (Wildman–Crippen LogP) is 3.79. The molecule has 0 aliphatic carbocycles. The third-order valence-corrected chi connectivity index (χ3v) is 4.95. The smallest absolute Gasteiger partial charge is 0.382 e. The predicted molar refractivity (Wildman–Crippen MR) is 96.5 cm³/mol. The number of benzene rings is 2. The molecule has 1 aromatic heterocycles. The first-order valence-electron chi connectivity index (χ1n) is 7.20. The van der Waals surface area contributed by atoms with Gasteiger partial charge in [-0.1, -0.05) is 0 Å². The molecule has 0 saturated carbocycles. The van der Waals surface area contributed by atoms with Crippen molar-refractivity contribution in [3.05, 3.63) is 52.3 Å². The quantitative estimate of drug-likeness (QED) is 0.346. The van der Waals surface area contributed by atoms with Crippen LogP contribution in [0.25, 0.3) is 22.3 Å². The highest BCUT2D eigenvalue weighted by molar-refractivity contribution is 9.10. The third kappa shape index (κ3) is 3.54. The summed E-state index contributed by atoms with van der Waals surface area (Å²) < 4.78 is 54.7. The number of carbonyl (C=O) groups excluding carboxylic acids is 1. The number of methoxy groups -OCH3 is 1. The number of anilines is 1. The van der Waals surface area contributed by atoms with E-state index >= 15 is 0 Å². The topological polar surface area (TPSA) is 117 Å². The van der Waals surface area contributed by atoms with Crippen LogP contribution in [0.15, 0.2) is 45.3 Å². The number of furan rings is 1. The maximum absolute atomic E-state index is 13.2. The van der Waals surface area contributed by atoms with E-state index in [1.54, 1.807) is 0 Å². The van der Waals surface area contributed by atoms with E-state index in [0.717, 1.165) is 6.07 Å². The summed E-state index contributed by atoms with van der Waals surface area (Å²) in [7, 11) is -3.77. The number of nitrogens with zero attached hydrogens (tertiary/aromatic N) is 1. The molecule has 0 radical (unpaired) electrons. The summed E-state index contributed by atoms with van der Waals surface area (Å²) in [4.78, 5) is 12.3. The number of hydrogen-bond acceptors (Lipinski definition) is 6.